The number of rotatable bonds is 1. The second kappa shape index (κ2) is 3.31. The Morgan fingerprint density at radius 1 is 1.31 bits per heavy atom. The normalized spacial score (nSPS) is 11.8. The molecule has 0 heterocycles. The Hall–Kier alpha value is -0.540. The van der Waals surface area contributed by atoms with E-state index < -0.39 is 5.60 Å². The summed E-state index contributed by atoms with van der Waals surface area (Å²) < 4.78 is 0.810. The summed E-state index contributed by atoms with van der Waals surface area (Å²) in [6, 6.07) is 3.40. The van der Waals surface area contributed by atoms with Gasteiger partial charge in [0.25, 0.3) is 0 Å². The molecule has 0 saturated heterocycles. The topological polar surface area (TPSA) is 40.5 Å². The molecule has 3 heteroatoms. The fourth-order valence-corrected chi connectivity index (χ4v) is 1.47. The maximum absolute atomic E-state index is 9.70. The van der Waals surface area contributed by atoms with Crippen LogP contribution in [0.1, 0.15) is 25.0 Å². The Morgan fingerprint density at radius 2 is 1.85 bits per heavy atom. The van der Waals surface area contributed by atoms with E-state index in [1.165, 1.54) is 0 Å². The number of benzene rings is 1. The average molecular weight is 245 g/mol. The average Bonchev–Trinajstić information content (AvgIpc) is 1.97. The molecule has 0 amide bonds. The van der Waals surface area contributed by atoms with Crippen LogP contribution >= 0.6 is 15.9 Å². The largest absolute Gasteiger partial charge is 0.508 e. The van der Waals surface area contributed by atoms with Gasteiger partial charge in [0.15, 0.2) is 0 Å². The first-order valence-electron chi connectivity index (χ1n) is 4.04. The van der Waals surface area contributed by atoms with Gasteiger partial charge in [0.05, 0.1) is 5.60 Å². The summed E-state index contributed by atoms with van der Waals surface area (Å²) in [5.74, 6) is 0.200. The number of aromatic hydroxyl groups is 1. The molecule has 2 N–H and O–H groups in total. The number of hydrogen-bond acceptors (Lipinski definition) is 2. The fourth-order valence-electron chi connectivity index (χ4n) is 1.02. The quantitative estimate of drug-likeness (QED) is 0.798. The van der Waals surface area contributed by atoms with E-state index in [0.717, 1.165) is 10.0 Å². The van der Waals surface area contributed by atoms with Crippen molar-refractivity contribution >= 4 is 15.9 Å². The SMILES string of the molecule is Cc1c(O)cc(C(C)(C)O)cc1Br. The van der Waals surface area contributed by atoms with E-state index in [0.29, 0.717) is 5.56 Å². The summed E-state index contributed by atoms with van der Waals surface area (Å²) in [4.78, 5) is 0. The second-order valence-electron chi connectivity index (χ2n) is 3.66. The summed E-state index contributed by atoms with van der Waals surface area (Å²) >= 11 is 3.32. The monoisotopic (exact) mass is 244 g/mol. The molecule has 1 rings (SSSR count). The third-order valence-corrected chi connectivity index (χ3v) is 2.85. The lowest BCUT2D eigenvalue weighted by atomic mass is 9.97. The Bertz CT molecular complexity index is 303. The number of hydrogen-bond donors (Lipinski definition) is 2. The third-order valence-electron chi connectivity index (χ3n) is 2.02. The van der Waals surface area contributed by atoms with E-state index >= 15 is 0 Å². The van der Waals surface area contributed by atoms with E-state index in [2.05, 4.69) is 15.9 Å². The van der Waals surface area contributed by atoms with Gasteiger partial charge in [-0.3, -0.25) is 0 Å². The molecule has 0 atom stereocenters. The van der Waals surface area contributed by atoms with E-state index in [1.807, 2.05) is 13.0 Å². The highest BCUT2D eigenvalue weighted by molar-refractivity contribution is 9.10. The molecule has 0 aromatic heterocycles. The lowest BCUT2D eigenvalue weighted by molar-refractivity contribution is 0.0782. The summed E-state index contributed by atoms with van der Waals surface area (Å²) in [6.45, 7) is 5.18. The molecule has 0 saturated carbocycles. The lowest BCUT2D eigenvalue weighted by Gasteiger charge is -2.19. The maximum atomic E-state index is 9.70. The minimum absolute atomic E-state index is 0.200. The minimum atomic E-state index is -0.923. The first kappa shape index (κ1) is 10.5. The molecule has 13 heavy (non-hydrogen) atoms. The van der Waals surface area contributed by atoms with Gasteiger partial charge in [0, 0.05) is 10.0 Å². The molecule has 0 spiro atoms. The van der Waals surface area contributed by atoms with Gasteiger partial charge in [-0.05, 0) is 38.5 Å². The summed E-state index contributed by atoms with van der Waals surface area (Å²) in [5, 5.41) is 19.2. The highest BCUT2D eigenvalue weighted by Gasteiger charge is 2.18. The summed E-state index contributed by atoms with van der Waals surface area (Å²) in [5.41, 5.74) is 0.559. The van der Waals surface area contributed by atoms with E-state index in [4.69, 9.17) is 0 Å². The smallest absolute Gasteiger partial charge is 0.119 e. The predicted molar refractivity (Wildman–Crippen MR) is 55.8 cm³/mol. The molecule has 0 aliphatic carbocycles. The minimum Gasteiger partial charge on any atom is -0.508 e. The van der Waals surface area contributed by atoms with Crippen LogP contribution in [0.4, 0.5) is 0 Å². The molecule has 1 aromatic carbocycles. The number of phenolic OH excluding ortho intramolecular Hbond substituents is 1. The van der Waals surface area contributed by atoms with E-state index in [1.54, 1.807) is 19.9 Å². The lowest BCUT2D eigenvalue weighted by Crippen LogP contribution is -2.15. The van der Waals surface area contributed by atoms with E-state index in [-0.39, 0.29) is 5.75 Å². The number of halogens is 1. The second-order valence-corrected chi connectivity index (χ2v) is 4.52. The zero-order chi connectivity index (χ0) is 10.2. The molecule has 2 nitrogen and oxygen atoms in total. The van der Waals surface area contributed by atoms with Crippen molar-refractivity contribution in [1.82, 2.24) is 0 Å². The van der Waals surface area contributed by atoms with Crippen LogP contribution in [-0.4, -0.2) is 10.2 Å². The van der Waals surface area contributed by atoms with Gasteiger partial charge < -0.3 is 10.2 Å². The van der Waals surface area contributed by atoms with Gasteiger partial charge >= 0.3 is 0 Å². The number of phenols is 1. The van der Waals surface area contributed by atoms with Crippen molar-refractivity contribution in [3.05, 3.63) is 27.7 Å². The van der Waals surface area contributed by atoms with Crippen molar-refractivity contribution in [1.29, 1.82) is 0 Å². The van der Waals surface area contributed by atoms with Crippen molar-refractivity contribution in [2.75, 3.05) is 0 Å². The molecular weight excluding hydrogens is 232 g/mol. The van der Waals surface area contributed by atoms with Crippen LogP contribution < -0.4 is 0 Å². The molecule has 0 bridgehead atoms. The summed E-state index contributed by atoms with van der Waals surface area (Å²) in [6.07, 6.45) is 0. The molecule has 0 aliphatic rings. The van der Waals surface area contributed by atoms with Gasteiger partial charge in [0.2, 0.25) is 0 Å². The molecular formula is C10H13BrO2. The molecule has 0 unspecified atom stereocenters. The fraction of sp³-hybridized carbons (Fsp3) is 0.400. The zero-order valence-electron chi connectivity index (χ0n) is 7.93. The first-order valence-corrected chi connectivity index (χ1v) is 4.83. The standard InChI is InChI=1S/C10H13BrO2/c1-6-8(11)4-7(5-9(6)12)10(2,3)13/h4-5,12-13H,1-3H3. The molecule has 1 aromatic rings. The van der Waals surface area contributed by atoms with Crippen LogP contribution in [0, 0.1) is 6.92 Å². The van der Waals surface area contributed by atoms with E-state index in [9.17, 15) is 10.2 Å². The van der Waals surface area contributed by atoms with Crippen molar-refractivity contribution in [2.24, 2.45) is 0 Å². The third kappa shape index (κ3) is 2.23. The van der Waals surface area contributed by atoms with Crippen molar-refractivity contribution < 1.29 is 10.2 Å². The molecule has 0 aliphatic heterocycles. The highest BCUT2D eigenvalue weighted by atomic mass is 79.9. The van der Waals surface area contributed by atoms with Gasteiger partial charge in [-0.1, -0.05) is 15.9 Å². The van der Waals surface area contributed by atoms with Crippen LogP contribution in [0.2, 0.25) is 0 Å². The molecule has 72 valence electrons. The van der Waals surface area contributed by atoms with Crippen molar-refractivity contribution in [3.8, 4) is 5.75 Å². The highest BCUT2D eigenvalue weighted by Crippen LogP contribution is 2.31. The van der Waals surface area contributed by atoms with Gasteiger partial charge in [-0.2, -0.15) is 0 Å². The Labute approximate surface area is 86.3 Å². The predicted octanol–water partition coefficient (Wildman–Crippen LogP) is 2.69. The Balaban J connectivity index is 3.29. The van der Waals surface area contributed by atoms with Crippen LogP contribution in [-0.2, 0) is 5.60 Å². The van der Waals surface area contributed by atoms with Crippen LogP contribution in [0.15, 0.2) is 16.6 Å². The number of aliphatic hydroxyl groups is 1. The van der Waals surface area contributed by atoms with Gasteiger partial charge in [0.1, 0.15) is 5.75 Å². The van der Waals surface area contributed by atoms with Crippen LogP contribution in [0.3, 0.4) is 0 Å². The van der Waals surface area contributed by atoms with Crippen molar-refractivity contribution in [3.63, 3.8) is 0 Å². The van der Waals surface area contributed by atoms with Crippen molar-refractivity contribution in [2.45, 2.75) is 26.4 Å². The summed E-state index contributed by atoms with van der Waals surface area (Å²) in [7, 11) is 0. The molecule has 0 radical (unpaired) electrons. The van der Waals surface area contributed by atoms with Crippen LogP contribution in [0.5, 0.6) is 5.75 Å². The maximum Gasteiger partial charge on any atom is 0.119 e. The van der Waals surface area contributed by atoms with Gasteiger partial charge in [-0.15, -0.1) is 0 Å². The Kier molecular flexibility index (Phi) is 2.68. The molecule has 0 fully saturated rings. The Morgan fingerprint density at radius 3 is 2.23 bits per heavy atom. The zero-order valence-corrected chi connectivity index (χ0v) is 9.51. The van der Waals surface area contributed by atoms with Gasteiger partial charge in [-0.25, -0.2) is 0 Å². The first-order chi connectivity index (χ1) is 5.82. The van der Waals surface area contributed by atoms with Crippen LogP contribution in [0.25, 0.3) is 0 Å².